The van der Waals surface area contributed by atoms with Gasteiger partial charge in [-0.05, 0) is 35.7 Å². The van der Waals surface area contributed by atoms with Crippen LogP contribution in [0.3, 0.4) is 0 Å². The summed E-state index contributed by atoms with van der Waals surface area (Å²) in [6.45, 7) is 1.61. The fourth-order valence-electron chi connectivity index (χ4n) is 2.45. The monoisotopic (exact) mass is 353 g/mol. The number of benzene rings is 1. The molecule has 3 atom stereocenters. The van der Waals surface area contributed by atoms with Gasteiger partial charge >= 0.3 is 5.97 Å². The van der Waals surface area contributed by atoms with Crippen molar-refractivity contribution >= 4 is 29.2 Å². The van der Waals surface area contributed by atoms with E-state index in [0.29, 0.717) is 21.2 Å². The molecule has 1 heterocycles. The molecule has 23 heavy (non-hydrogen) atoms. The van der Waals surface area contributed by atoms with Crippen molar-refractivity contribution in [1.29, 1.82) is 0 Å². The van der Waals surface area contributed by atoms with Crippen LogP contribution in [0.4, 0.5) is 0 Å². The molecule has 0 saturated heterocycles. The predicted octanol–water partition coefficient (Wildman–Crippen LogP) is 4.32. The van der Waals surface area contributed by atoms with Crippen molar-refractivity contribution in [1.82, 2.24) is 4.98 Å². The number of pyridine rings is 1. The topological polar surface area (TPSA) is 70.4 Å². The molecular formula is C17H17Cl2NO3. The number of carbonyl (C=O) groups is 1. The number of aliphatic carboxylic acids is 1. The van der Waals surface area contributed by atoms with E-state index in [1.54, 1.807) is 43.5 Å². The fraction of sp³-hybridized carbons (Fsp3) is 0.294. The van der Waals surface area contributed by atoms with Gasteiger partial charge in [0.15, 0.2) is 0 Å². The lowest BCUT2D eigenvalue weighted by atomic mass is 9.83. The van der Waals surface area contributed by atoms with Crippen molar-refractivity contribution in [2.75, 3.05) is 0 Å². The molecule has 3 unspecified atom stereocenters. The summed E-state index contributed by atoms with van der Waals surface area (Å²) in [6.07, 6.45) is 2.48. The summed E-state index contributed by atoms with van der Waals surface area (Å²) >= 11 is 11.9. The van der Waals surface area contributed by atoms with Crippen LogP contribution in [0.1, 0.15) is 36.5 Å². The molecule has 0 aliphatic rings. The third-order valence-corrected chi connectivity index (χ3v) is 4.23. The number of halogens is 2. The van der Waals surface area contributed by atoms with Gasteiger partial charge in [-0.15, -0.1) is 0 Å². The molecule has 2 N–H and O–H groups in total. The van der Waals surface area contributed by atoms with Crippen molar-refractivity contribution in [2.45, 2.75) is 25.4 Å². The Hall–Kier alpha value is -1.62. The highest BCUT2D eigenvalue weighted by molar-refractivity contribution is 6.30. The average molecular weight is 354 g/mol. The maximum absolute atomic E-state index is 11.2. The van der Waals surface area contributed by atoms with Gasteiger partial charge in [0.05, 0.1) is 17.0 Å². The van der Waals surface area contributed by atoms with Crippen LogP contribution in [0.2, 0.25) is 10.0 Å². The van der Waals surface area contributed by atoms with Crippen molar-refractivity contribution in [3.63, 3.8) is 0 Å². The number of carboxylic acids is 1. The van der Waals surface area contributed by atoms with E-state index in [4.69, 9.17) is 23.2 Å². The van der Waals surface area contributed by atoms with E-state index in [0.717, 1.165) is 0 Å². The van der Waals surface area contributed by atoms with Gasteiger partial charge in [0, 0.05) is 23.3 Å². The third kappa shape index (κ3) is 4.67. The Bertz CT molecular complexity index is 676. The van der Waals surface area contributed by atoms with E-state index in [9.17, 15) is 15.0 Å². The zero-order valence-corrected chi connectivity index (χ0v) is 14.0. The van der Waals surface area contributed by atoms with E-state index in [-0.39, 0.29) is 6.42 Å². The number of aliphatic hydroxyl groups is 1. The highest BCUT2D eigenvalue weighted by atomic mass is 35.5. The fourth-order valence-corrected chi connectivity index (χ4v) is 2.76. The number of rotatable bonds is 6. The Morgan fingerprint density at radius 2 is 1.78 bits per heavy atom. The van der Waals surface area contributed by atoms with Gasteiger partial charge in [0.2, 0.25) is 0 Å². The molecule has 6 heteroatoms. The molecule has 0 amide bonds. The first-order valence-electron chi connectivity index (χ1n) is 7.15. The summed E-state index contributed by atoms with van der Waals surface area (Å²) in [5, 5.41) is 20.9. The number of hydrogen-bond donors (Lipinski definition) is 2. The summed E-state index contributed by atoms with van der Waals surface area (Å²) in [4.78, 5) is 15.2. The molecule has 0 aliphatic carbocycles. The molecular weight excluding hydrogens is 337 g/mol. The standard InChI is InChI=1S/C17H17Cl2NO3/c1-10(17(22)23)6-15(12-7-14(19)9-20-8-12)16(21)11-2-4-13(18)5-3-11/h2-5,7-10,15-16,21H,6H2,1H3,(H,22,23). The Kier molecular flexibility index (Phi) is 5.99. The molecule has 4 nitrogen and oxygen atoms in total. The zero-order valence-electron chi connectivity index (χ0n) is 12.5. The van der Waals surface area contributed by atoms with E-state index in [1.807, 2.05) is 0 Å². The molecule has 0 aliphatic heterocycles. The number of nitrogens with zero attached hydrogens (tertiary/aromatic N) is 1. The molecule has 0 spiro atoms. The quantitative estimate of drug-likeness (QED) is 0.811. The van der Waals surface area contributed by atoms with Gasteiger partial charge in [-0.2, -0.15) is 0 Å². The van der Waals surface area contributed by atoms with Gasteiger partial charge in [0.1, 0.15) is 0 Å². The summed E-state index contributed by atoms with van der Waals surface area (Å²) in [6, 6.07) is 8.53. The van der Waals surface area contributed by atoms with Crippen LogP contribution in [0.5, 0.6) is 0 Å². The highest BCUT2D eigenvalue weighted by Gasteiger charge is 2.27. The number of aliphatic hydroxyl groups excluding tert-OH is 1. The molecule has 1 aromatic heterocycles. The third-order valence-electron chi connectivity index (χ3n) is 3.78. The van der Waals surface area contributed by atoms with E-state index in [2.05, 4.69) is 4.98 Å². The lowest BCUT2D eigenvalue weighted by Crippen LogP contribution is -2.19. The first-order chi connectivity index (χ1) is 10.9. The van der Waals surface area contributed by atoms with Gasteiger partial charge in [-0.25, -0.2) is 0 Å². The van der Waals surface area contributed by atoms with Crippen LogP contribution in [0, 0.1) is 5.92 Å². The van der Waals surface area contributed by atoms with Crippen LogP contribution in [0.25, 0.3) is 0 Å². The van der Waals surface area contributed by atoms with E-state index >= 15 is 0 Å². The second-order valence-corrected chi connectivity index (χ2v) is 6.39. The van der Waals surface area contributed by atoms with Crippen LogP contribution in [0.15, 0.2) is 42.7 Å². The molecule has 2 aromatic rings. The molecule has 0 fully saturated rings. The van der Waals surface area contributed by atoms with Gasteiger partial charge < -0.3 is 10.2 Å². The first kappa shape index (κ1) is 17.7. The summed E-state index contributed by atoms with van der Waals surface area (Å²) in [5.41, 5.74) is 1.37. The molecule has 0 saturated carbocycles. The largest absolute Gasteiger partial charge is 0.481 e. The zero-order chi connectivity index (χ0) is 17.0. The van der Waals surface area contributed by atoms with Crippen molar-refractivity contribution < 1.29 is 15.0 Å². The molecule has 1 aromatic carbocycles. The van der Waals surface area contributed by atoms with Gasteiger partial charge in [0.25, 0.3) is 0 Å². The summed E-state index contributed by atoms with van der Waals surface area (Å²) in [5.74, 6) is -1.96. The number of hydrogen-bond acceptors (Lipinski definition) is 3. The smallest absolute Gasteiger partial charge is 0.306 e. The molecule has 2 rings (SSSR count). The van der Waals surface area contributed by atoms with Crippen molar-refractivity contribution in [3.05, 3.63) is 63.9 Å². The number of aromatic nitrogens is 1. The summed E-state index contributed by atoms with van der Waals surface area (Å²) in [7, 11) is 0. The number of carboxylic acid groups (broad SMARTS) is 1. The Labute approximate surface area is 144 Å². The maximum Gasteiger partial charge on any atom is 0.306 e. The minimum absolute atomic E-state index is 0.265. The highest BCUT2D eigenvalue weighted by Crippen LogP contribution is 2.37. The van der Waals surface area contributed by atoms with Crippen LogP contribution >= 0.6 is 23.2 Å². The van der Waals surface area contributed by atoms with Crippen LogP contribution < -0.4 is 0 Å². The molecule has 0 bridgehead atoms. The lowest BCUT2D eigenvalue weighted by molar-refractivity contribution is -0.141. The predicted molar refractivity (Wildman–Crippen MR) is 89.8 cm³/mol. The van der Waals surface area contributed by atoms with Crippen molar-refractivity contribution in [3.8, 4) is 0 Å². The van der Waals surface area contributed by atoms with Gasteiger partial charge in [-0.3, -0.25) is 9.78 Å². The van der Waals surface area contributed by atoms with Crippen LogP contribution in [-0.4, -0.2) is 21.2 Å². The van der Waals surface area contributed by atoms with E-state index in [1.165, 1.54) is 6.20 Å². The summed E-state index contributed by atoms with van der Waals surface area (Å²) < 4.78 is 0. The molecule has 122 valence electrons. The molecule has 0 radical (unpaired) electrons. The Morgan fingerprint density at radius 1 is 1.13 bits per heavy atom. The second kappa shape index (κ2) is 7.77. The van der Waals surface area contributed by atoms with Crippen molar-refractivity contribution in [2.24, 2.45) is 5.92 Å². The van der Waals surface area contributed by atoms with E-state index < -0.39 is 23.9 Å². The normalized spacial score (nSPS) is 15.0. The maximum atomic E-state index is 11.2. The first-order valence-corrected chi connectivity index (χ1v) is 7.91. The minimum Gasteiger partial charge on any atom is -0.481 e. The lowest BCUT2D eigenvalue weighted by Gasteiger charge is -2.25. The Morgan fingerprint density at radius 3 is 2.35 bits per heavy atom. The second-order valence-electron chi connectivity index (χ2n) is 5.51. The Balaban J connectivity index is 2.35. The van der Waals surface area contributed by atoms with Gasteiger partial charge in [-0.1, -0.05) is 42.3 Å². The minimum atomic E-state index is -0.909. The SMILES string of the molecule is CC(CC(c1cncc(Cl)c1)C(O)c1ccc(Cl)cc1)C(=O)O. The average Bonchev–Trinajstić information content (AvgIpc) is 2.52. The van der Waals surface area contributed by atoms with Crippen LogP contribution in [-0.2, 0) is 4.79 Å².